The first-order chi connectivity index (χ1) is 16.6. The molecule has 0 spiro atoms. The lowest BCUT2D eigenvalue weighted by Crippen LogP contribution is -2.34. The van der Waals surface area contributed by atoms with Crippen molar-refractivity contribution in [3.8, 4) is 0 Å². The number of amides is 1. The highest BCUT2D eigenvalue weighted by atomic mass is 16.6. The van der Waals surface area contributed by atoms with Crippen LogP contribution >= 0.6 is 0 Å². The average molecular weight is 484 g/mol. The van der Waals surface area contributed by atoms with E-state index in [1.807, 2.05) is 0 Å². The van der Waals surface area contributed by atoms with Crippen LogP contribution < -0.4 is 0 Å². The average Bonchev–Trinajstić information content (AvgIpc) is 2.84. The minimum atomic E-state index is -0.440. The number of carbonyl (C=O) groups is 3. The number of esters is 1. The Morgan fingerprint density at radius 3 is 1.82 bits per heavy atom. The maximum atomic E-state index is 12.3. The van der Waals surface area contributed by atoms with Gasteiger partial charge in [0.15, 0.2) is 6.29 Å². The largest absolute Gasteiger partial charge is 0.465 e. The third-order valence-electron chi connectivity index (χ3n) is 6.29. The van der Waals surface area contributed by atoms with Gasteiger partial charge in [0.1, 0.15) is 6.61 Å². The van der Waals surface area contributed by atoms with Crippen LogP contribution in [0, 0.1) is 5.92 Å². The maximum Gasteiger partial charge on any atom is 0.410 e. The Kier molecular flexibility index (Phi) is 23.4. The Bertz CT molecular complexity index is 487. The molecule has 0 aliphatic heterocycles. The third-order valence-corrected chi connectivity index (χ3v) is 6.29. The van der Waals surface area contributed by atoms with Gasteiger partial charge in [0.2, 0.25) is 0 Å². The first-order valence-corrected chi connectivity index (χ1v) is 14.1. The molecule has 6 nitrogen and oxygen atoms in total. The van der Waals surface area contributed by atoms with Crippen molar-refractivity contribution in [3.05, 3.63) is 0 Å². The molecule has 0 rings (SSSR count). The van der Waals surface area contributed by atoms with Crippen LogP contribution in [0.1, 0.15) is 130 Å². The van der Waals surface area contributed by atoms with Gasteiger partial charge in [0.25, 0.3) is 0 Å². The minimum absolute atomic E-state index is 0.137. The summed E-state index contributed by atoms with van der Waals surface area (Å²) in [6.07, 6.45) is 18.4. The summed E-state index contributed by atoms with van der Waals surface area (Å²) in [5.74, 6) is 0.337. The molecule has 0 aromatic heterocycles. The smallest absolute Gasteiger partial charge is 0.410 e. The van der Waals surface area contributed by atoms with Gasteiger partial charge in [0, 0.05) is 19.5 Å². The molecule has 6 heteroatoms. The minimum Gasteiger partial charge on any atom is -0.465 e. The molecule has 0 saturated heterocycles. The first-order valence-electron chi connectivity index (χ1n) is 14.1. The normalized spacial score (nSPS) is 10.9. The zero-order valence-corrected chi connectivity index (χ0v) is 22.5. The predicted octanol–water partition coefficient (Wildman–Crippen LogP) is 7.47. The molecule has 0 unspecified atom stereocenters. The topological polar surface area (TPSA) is 72.9 Å². The fourth-order valence-corrected chi connectivity index (χ4v) is 4.11. The molecule has 0 aliphatic rings. The predicted molar refractivity (Wildman–Crippen MR) is 139 cm³/mol. The van der Waals surface area contributed by atoms with Gasteiger partial charge in [-0.1, -0.05) is 91.4 Å². The molecule has 0 aromatic carbocycles. The summed E-state index contributed by atoms with van der Waals surface area (Å²) in [7, 11) is 0. The summed E-state index contributed by atoms with van der Waals surface area (Å²) in [4.78, 5) is 36.7. The Hall–Kier alpha value is -1.59. The second-order valence-electron chi connectivity index (χ2n) is 9.50. The van der Waals surface area contributed by atoms with Gasteiger partial charge in [-0.25, -0.2) is 4.79 Å². The van der Waals surface area contributed by atoms with E-state index in [1.54, 1.807) is 4.90 Å². The summed E-state index contributed by atoms with van der Waals surface area (Å²) in [5, 5.41) is 0. The van der Waals surface area contributed by atoms with E-state index < -0.39 is 6.09 Å². The third kappa shape index (κ3) is 19.8. The standard InChI is InChI=1S/C28H53NO5/c1-4-7-10-11-12-16-21-29(28(32)33-24-23-30)22-17-15-20-27(31)34-25-26(18-13-8-5-2)19-14-9-6-3/h23,26H,4-22,24-25H2,1-3H3. The van der Waals surface area contributed by atoms with E-state index in [-0.39, 0.29) is 12.6 Å². The fraction of sp³-hybridized carbons (Fsp3) is 0.893. The van der Waals surface area contributed by atoms with E-state index in [0.717, 1.165) is 32.1 Å². The lowest BCUT2D eigenvalue weighted by Gasteiger charge is -2.21. The van der Waals surface area contributed by atoms with E-state index in [1.165, 1.54) is 64.2 Å². The summed E-state index contributed by atoms with van der Waals surface area (Å²) in [6, 6.07) is 0. The van der Waals surface area contributed by atoms with Crippen LogP contribution in [0.25, 0.3) is 0 Å². The molecule has 0 radical (unpaired) electrons. The van der Waals surface area contributed by atoms with Gasteiger partial charge in [-0.3, -0.25) is 9.59 Å². The van der Waals surface area contributed by atoms with Gasteiger partial charge in [-0.2, -0.15) is 0 Å². The fourth-order valence-electron chi connectivity index (χ4n) is 4.11. The van der Waals surface area contributed by atoms with Crippen LogP contribution in [0.5, 0.6) is 0 Å². The van der Waals surface area contributed by atoms with Crippen LogP contribution in [0.15, 0.2) is 0 Å². The van der Waals surface area contributed by atoms with Gasteiger partial charge >= 0.3 is 12.1 Å². The van der Waals surface area contributed by atoms with Crippen molar-refractivity contribution >= 4 is 18.3 Å². The molecule has 1 amide bonds. The second kappa shape index (κ2) is 24.5. The summed E-state index contributed by atoms with van der Waals surface area (Å²) in [6.45, 7) is 8.11. The quantitative estimate of drug-likeness (QED) is 0.0808. The second-order valence-corrected chi connectivity index (χ2v) is 9.50. The molecular weight excluding hydrogens is 430 g/mol. The molecule has 0 atom stereocenters. The Morgan fingerprint density at radius 1 is 0.706 bits per heavy atom. The zero-order chi connectivity index (χ0) is 25.3. The number of unbranched alkanes of at least 4 members (excludes halogenated alkanes) is 10. The zero-order valence-electron chi connectivity index (χ0n) is 22.5. The Balaban J connectivity index is 4.27. The monoisotopic (exact) mass is 483 g/mol. The number of hydrogen-bond acceptors (Lipinski definition) is 5. The molecule has 0 saturated carbocycles. The van der Waals surface area contributed by atoms with Crippen LogP contribution in [0.3, 0.4) is 0 Å². The van der Waals surface area contributed by atoms with Crippen molar-refractivity contribution in [2.24, 2.45) is 5.92 Å². The van der Waals surface area contributed by atoms with E-state index >= 15 is 0 Å². The lowest BCUT2D eigenvalue weighted by atomic mass is 9.96. The summed E-state index contributed by atoms with van der Waals surface area (Å²) in [5.41, 5.74) is 0. The van der Waals surface area contributed by atoms with Crippen molar-refractivity contribution in [2.75, 3.05) is 26.3 Å². The number of carbonyl (C=O) groups excluding carboxylic acids is 3. The van der Waals surface area contributed by atoms with Gasteiger partial charge in [-0.05, 0) is 38.0 Å². The lowest BCUT2D eigenvalue weighted by molar-refractivity contribution is -0.145. The van der Waals surface area contributed by atoms with E-state index in [2.05, 4.69) is 20.8 Å². The van der Waals surface area contributed by atoms with Crippen LogP contribution in [-0.2, 0) is 19.1 Å². The van der Waals surface area contributed by atoms with E-state index in [0.29, 0.717) is 44.7 Å². The Morgan fingerprint density at radius 2 is 1.24 bits per heavy atom. The number of rotatable bonds is 24. The molecule has 0 fully saturated rings. The van der Waals surface area contributed by atoms with E-state index in [9.17, 15) is 14.4 Å². The SMILES string of the molecule is CCCCCCCCN(CCCCC(=O)OCC(CCCCC)CCCCC)C(=O)OCC=O. The van der Waals surface area contributed by atoms with Gasteiger partial charge in [-0.15, -0.1) is 0 Å². The van der Waals surface area contributed by atoms with Crippen molar-refractivity contribution < 1.29 is 23.9 Å². The van der Waals surface area contributed by atoms with Crippen molar-refractivity contribution in [1.29, 1.82) is 0 Å². The number of aldehydes is 1. The van der Waals surface area contributed by atoms with Gasteiger partial charge < -0.3 is 14.4 Å². The summed E-state index contributed by atoms with van der Waals surface area (Å²) >= 11 is 0. The van der Waals surface area contributed by atoms with Crippen LogP contribution in [-0.4, -0.2) is 49.6 Å². The maximum absolute atomic E-state index is 12.3. The van der Waals surface area contributed by atoms with Crippen LogP contribution in [0.2, 0.25) is 0 Å². The number of nitrogens with zero attached hydrogens (tertiary/aromatic N) is 1. The van der Waals surface area contributed by atoms with Crippen molar-refractivity contribution in [2.45, 2.75) is 130 Å². The van der Waals surface area contributed by atoms with E-state index in [4.69, 9.17) is 9.47 Å². The van der Waals surface area contributed by atoms with Crippen LogP contribution in [0.4, 0.5) is 4.79 Å². The Labute approximate surface area is 209 Å². The van der Waals surface area contributed by atoms with Gasteiger partial charge in [0.05, 0.1) is 6.61 Å². The molecule has 200 valence electrons. The van der Waals surface area contributed by atoms with Crippen molar-refractivity contribution in [1.82, 2.24) is 4.90 Å². The first kappa shape index (κ1) is 32.4. The summed E-state index contributed by atoms with van der Waals surface area (Å²) < 4.78 is 10.6. The molecule has 0 N–H and O–H groups in total. The highest BCUT2D eigenvalue weighted by Crippen LogP contribution is 2.18. The van der Waals surface area contributed by atoms with Crippen molar-refractivity contribution in [3.63, 3.8) is 0 Å². The molecule has 34 heavy (non-hydrogen) atoms. The molecular formula is C28H53NO5. The number of hydrogen-bond donors (Lipinski definition) is 0. The highest BCUT2D eigenvalue weighted by molar-refractivity contribution is 5.70. The molecule has 0 bridgehead atoms. The molecule has 0 aliphatic carbocycles. The molecule has 0 heterocycles. The number of ether oxygens (including phenoxy) is 2. The molecule has 0 aromatic rings. The highest BCUT2D eigenvalue weighted by Gasteiger charge is 2.15.